The van der Waals surface area contributed by atoms with E-state index < -0.39 is 0 Å². The highest BCUT2D eigenvalue weighted by Crippen LogP contribution is 2.43. The molecule has 1 spiro atoms. The van der Waals surface area contributed by atoms with Crippen LogP contribution in [0, 0.1) is 11.8 Å². The second kappa shape index (κ2) is 8.07. The Kier molecular flexibility index (Phi) is 4.88. The summed E-state index contributed by atoms with van der Waals surface area (Å²) in [7, 11) is 0. The van der Waals surface area contributed by atoms with Crippen molar-refractivity contribution >= 4 is 17.1 Å². The van der Waals surface area contributed by atoms with E-state index in [0.29, 0.717) is 6.54 Å². The first-order valence-corrected chi connectivity index (χ1v) is 11.8. The molecule has 7 heteroatoms. The Morgan fingerprint density at radius 1 is 1.18 bits per heavy atom. The van der Waals surface area contributed by atoms with Gasteiger partial charge in [0.25, 0.3) is 0 Å². The largest absolute Gasteiger partial charge is 0.345 e. The molecule has 2 aliphatic rings. The predicted octanol–water partition coefficient (Wildman–Crippen LogP) is 3.90. The van der Waals surface area contributed by atoms with Crippen molar-refractivity contribution in [2.75, 3.05) is 19.6 Å². The third-order valence-corrected chi connectivity index (χ3v) is 7.04. The van der Waals surface area contributed by atoms with Gasteiger partial charge in [0.1, 0.15) is 5.65 Å². The second-order valence-corrected chi connectivity index (χ2v) is 9.11. The van der Waals surface area contributed by atoms with E-state index in [0.717, 1.165) is 65.9 Å². The summed E-state index contributed by atoms with van der Waals surface area (Å²) in [5.41, 5.74) is 5.84. The molecule has 3 aromatic heterocycles. The number of aromatic amines is 1. The highest BCUT2D eigenvalue weighted by atomic mass is 16.2. The number of nitrogens with zero attached hydrogens (tertiary/aromatic N) is 4. The Bertz CT molecular complexity index is 1440. The minimum absolute atomic E-state index is 0.00569. The van der Waals surface area contributed by atoms with Crippen LogP contribution < -0.4 is 5.32 Å². The first-order valence-electron chi connectivity index (χ1n) is 11.8. The summed E-state index contributed by atoms with van der Waals surface area (Å²) in [4.78, 5) is 22.2. The lowest BCUT2D eigenvalue weighted by Crippen LogP contribution is -2.40. The van der Waals surface area contributed by atoms with E-state index in [1.807, 2.05) is 54.5 Å². The van der Waals surface area contributed by atoms with Crippen molar-refractivity contribution in [3.05, 3.63) is 71.7 Å². The smallest absolute Gasteiger partial charge is 0.317 e. The maximum atomic E-state index is 12.4. The fourth-order valence-corrected chi connectivity index (χ4v) is 5.23. The van der Waals surface area contributed by atoms with Crippen molar-refractivity contribution in [2.24, 2.45) is 0 Å². The molecule has 4 aromatic rings. The SMILES string of the molecule is CCNC(=O)N1CCC2(CCn3nc(-c4cnc5[nH]cc(C#Cc6ccccc6)c5c4)cc32)C1. The molecule has 0 saturated carbocycles. The number of aromatic nitrogens is 4. The Morgan fingerprint density at radius 3 is 2.88 bits per heavy atom. The van der Waals surface area contributed by atoms with Crippen molar-refractivity contribution in [3.63, 3.8) is 0 Å². The Morgan fingerprint density at radius 2 is 2.03 bits per heavy atom. The number of benzene rings is 1. The molecule has 170 valence electrons. The molecule has 2 N–H and O–H groups in total. The van der Waals surface area contributed by atoms with Gasteiger partial charge in [0.2, 0.25) is 0 Å². The minimum atomic E-state index is -0.00569. The average molecular weight is 451 g/mol. The minimum Gasteiger partial charge on any atom is -0.345 e. The van der Waals surface area contributed by atoms with Gasteiger partial charge in [-0.3, -0.25) is 4.68 Å². The molecule has 1 saturated heterocycles. The number of carbonyl (C=O) groups excluding carboxylic acids is 1. The molecule has 1 unspecified atom stereocenters. The quantitative estimate of drug-likeness (QED) is 0.455. The van der Waals surface area contributed by atoms with Crippen LogP contribution in [0.25, 0.3) is 22.3 Å². The van der Waals surface area contributed by atoms with Crippen LogP contribution in [0.3, 0.4) is 0 Å². The van der Waals surface area contributed by atoms with E-state index in [1.165, 1.54) is 5.69 Å². The monoisotopic (exact) mass is 450 g/mol. The maximum Gasteiger partial charge on any atom is 0.317 e. The average Bonchev–Trinajstić information content (AvgIpc) is 3.64. The highest BCUT2D eigenvalue weighted by molar-refractivity contribution is 5.87. The number of fused-ring (bicyclic) bond motifs is 3. The number of aryl methyl sites for hydroxylation is 1. The summed E-state index contributed by atoms with van der Waals surface area (Å²) in [5.74, 6) is 6.51. The van der Waals surface area contributed by atoms with Crippen LogP contribution in [0.15, 0.2) is 54.9 Å². The van der Waals surface area contributed by atoms with Gasteiger partial charge in [-0.15, -0.1) is 0 Å². The molecule has 5 heterocycles. The molecule has 1 atom stereocenters. The molecular formula is C27H26N6O. The number of urea groups is 1. The number of pyridine rings is 1. The molecule has 2 amide bonds. The van der Waals surface area contributed by atoms with Crippen molar-refractivity contribution in [1.29, 1.82) is 0 Å². The molecule has 0 radical (unpaired) electrons. The summed E-state index contributed by atoms with van der Waals surface area (Å²) in [6.45, 7) is 5.02. The zero-order chi connectivity index (χ0) is 23.1. The Labute approximate surface area is 198 Å². The van der Waals surface area contributed by atoms with E-state index >= 15 is 0 Å². The standard InChI is InChI=1S/C27H26N6O/c1-2-28-26(34)32-12-10-27(18-32)11-13-33-24(27)15-23(31-33)21-14-22-20(16-29-25(22)30-17-21)9-8-19-6-4-3-5-7-19/h3-7,14-17H,2,10-13,18H2,1H3,(H,28,34)(H,29,30). The van der Waals surface area contributed by atoms with Gasteiger partial charge in [-0.2, -0.15) is 5.10 Å². The van der Waals surface area contributed by atoms with E-state index in [9.17, 15) is 4.79 Å². The summed E-state index contributed by atoms with van der Waals surface area (Å²) in [6, 6.07) is 14.3. The van der Waals surface area contributed by atoms with Crippen LogP contribution in [0.2, 0.25) is 0 Å². The number of amides is 2. The first kappa shape index (κ1) is 20.5. The van der Waals surface area contributed by atoms with E-state index in [2.05, 4.69) is 43.9 Å². The third-order valence-electron chi connectivity index (χ3n) is 7.04. The van der Waals surface area contributed by atoms with Crippen LogP contribution in [0.4, 0.5) is 4.79 Å². The van der Waals surface area contributed by atoms with Crippen LogP contribution in [0.5, 0.6) is 0 Å². The van der Waals surface area contributed by atoms with Crippen molar-refractivity contribution in [2.45, 2.75) is 31.7 Å². The number of nitrogens with one attached hydrogen (secondary N) is 2. The molecule has 2 aliphatic heterocycles. The van der Waals surface area contributed by atoms with Gasteiger partial charge in [-0.1, -0.05) is 30.0 Å². The molecule has 7 nitrogen and oxygen atoms in total. The number of hydrogen-bond donors (Lipinski definition) is 2. The van der Waals surface area contributed by atoms with E-state index in [4.69, 9.17) is 5.10 Å². The summed E-state index contributed by atoms with van der Waals surface area (Å²) in [6.07, 6.45) is 5.78. The van der Waals surface area contributed by atoms with E-state index in [1.54, 1.807) is 0 Å². The zero-order valence-corrected chi connectivity index (χ0v) is 19.1. The topological polar surface area (TPSA) is 78.8 Å². The number of carbonyl (C=O) groups is 1. The number of H-pyrrole nitrogens is 1. The lowest BCUT2D eigenvalue weighted by molar-refractivity contribution is 0.206. The van der Waals surface area contributed by atoms with Gasteiger partial charge >= 0.3 is 6.03 Å². The molecule has 0 aliphatic carbocycles. The molecule has 34 heavy (non-hydrogen) atoms. The van der Waals surface area contributed by atoms with Gasteiger partial charge in [0.15, 0.2) is 0 Å². The predicted molar refractivity (Wildman–Crippen MR) is 131 cm³/mol. The number of likely N-dealkylation sites (tertiary alicyclic amines) is 1. The second-order valence-electron chi connectivity index (χ2n) is 9.11. The van der Waals surface area contributed by atoms with Gasteiger partial charge in [0.05, 0.1) is 11.3 Å². The Balaban J connectivity index is 1.31. The van der Waals surface area contributed by atoms with Crippen LogP contribution >= 0.6 is 0 Å². The van der Waals surface area contributed by atoms with E-state index in [-0.39, 0.29) is 11.4 Å². The molecule has 1 fully saturated rings. The molecule has 6 rings (SSSR count). The number of hydrogen-bond acceptors (Lipinski definition) is 3. The van der Waals surface area contributed by atoms with Gasteiger partial charge in [0, 0.05) is 66.2 Å². The summed E-state index contributed by atoms with van der Waals surface area (Å²) < 4.78 is 2.12. The molecule has 0 bridgehead atoms. The Hall–Kier alpha value is -4.05. The van der Waals surface area contributed by atoms with Crippen LogP contribution in [0.1, 0.15) is 36.6 Å². The van der Waals surface area contributed by atoms with Gasteiger partial charge in [-0.25, -0.2) is 9.78 Å². The van der Waals surface area contributed by atoms with Crippen molar-refractivity contribution < 1.29 is 4.79 Å². The highest BCUT2D eigenvalue weighted by Gasteiger charge is 2.46. The lowest BCUT2D eigenvalue weighted by atomic mass is 9.82. The summed E-state index contributed by atoms with van der Waals surface area (Å²) in [5, 5.41) is 8.84. The zero-order valence-electron chi connectivity index (χ0n) is 19.1. The van der Waals surface area contributed by atoms with Gasteiger partial charge < -0.3 is 15.2 Å². The van der Waals surface area contributed by atoms with Crippen molar-refractivity contribution in [3.8, 4) is 23.1 Å². The van der Waals surface area contributed by atoms with Gasteiger partial charge in [-0.05, 0) is 44.0 Å². The molecular weight excluding hydrogens is 424 g/mol. The summed E-state index contributed by atoms with van der Waals surface area (Å²) >= 11 is 0. The first-order chi connectivity index (χ1) is 16.6. The fourth-order valence-electron chi connectivity index (χ4n) is 5.23. The lowest BCUT2D eigenvalue weighted by Gasteiger charge is -2.23. The molecule has 1 aromatic carbocycles. The van der Waals surface area contributed by atoms with Crippen LogP contribution in [-0.4, -0.2) is 50.3 Å². The van der Waals surface area contributed by atoms with Crippen molar-refractivity contribution in [1.82, 2.24) is 30.0 Å². The third kappa shape index (κ3) is 3.43. The fraction of sp³-hybridized carbons (Fsp3) is 0.296. The number of rotatable bonds is 2. The normalized spacial score (nSPS) is 18.8. The maximum absolute atomic E-state index is 12.4. The van der Waals surface area contributed by atoms with Crippen LogP contribution in [-0.2, 0) is 12.0 Å².